The molecule has 0 saturated heterocycles. The number of nitrogens with one attached hydrogen (secondary N) is 1. The van der Waals surface area contributed by atoms with E-state index in [0.717, 1.165) is 30.7 Å². The van der Waals surface area contributed by atoms with E-state index in [4.69, 9.17) is 9.84 Å². The van der Waals surface area contributed by atoms with Crippen LogP contribution in [0.25, 0.3) is 0 Å². The molecule has 0 amide bonds. The van der Waals surface area contributed by atoms with Crippen LogP contribution in [0.4, 0.5) is 0 Å². The van der Waals surface area contributed by atoms with Gasteiger partial charge in [-0.15, -0.1) is 0 Å². The summed E-state index contributed by atoms with van der Waals surface area (Å²) >= 11 is 0. The molecule has 5 nitrogen and oxygen atoms in total. The van der Waals surface area contributed by atoms with Crippen LogP contribution in [0, 0.1) is 17.8 Å². The van der Waals surface area contributed by atoms with Crippen LogP contribution in [0.15, 0.2) is 0 Å². The van der Waals surface area contributed by atoms with Crippen LogP contribution in [0.5, 0.6) is 0 Å². The minimum Gasteiger partial charge on any atom is -0.481 e. The Kier molecular flexibility index (Phi) is 4.71. The predicted molar refractivity (Wildman–Crippen MR) is 81.4 cm³/mol. The molecule has 4 saturated carbocycles. The minimum atomic E-state index is -0.958. The highest BCUT2D eigenvalue weighted by Crippen LogP contribution is 2.55. The van der Waals surface area contributed by atoms with E-state index in [-0.39, 0.29) is 12.8 Å². The molecule has 22 heavy (non-hydrogen) atoms. The van der Waals surface area contributed by atoms with E-state index in [0.29, 0.717) is 12.1 Å². The fraction of sp³-hybridized carbons (Fsp3) is 0.882. The summed E-state index contributed by atoms with van der Waals surface area (Å²) in [6, 6.07) is 0. The molecule has 0 aliphatic heterocycles. The van der Waals surface area contributed by atoms with Gasteiger partial charge in [-0.05, 0) is 69.2 Å². The molecule has 2 N–H and O–H groups in total. The number of esters is 1. The lowest BCUT2D eigenvalue weighted by Gasteiger charge is -2.57. The van der Waals surface area contributed by atoms with Gasteiger partial charge in [0.1, 0.15) is 0 Å². The van der Waals surface area contributed by atoms with Crippen molar-refractivity contribution in [3.8, 4) is 0 Å². The number of ether oxygens (including phenoxy) is 1. The SMILES string of the molecule is O=C(O)CCC(=O)OCCCNC12CC3CC(CC(C3)C1)C2. The summed E-state index contributed by atoms with van der Waals surface area (Å²) < 4.78 is 5.07. The minimum absolute atomic E-state index is 0.0300. The van der Waals surface area contributed by atoms with Gasteiger partial charge in [-0.3, -0.25) is 9.59 Å². The Bertz CT molecular complexity index is 399. The lowest BCUT2D eigenvalue weighted by atomic mass is 9.53. The number of carboxylic acids is 1. The third-order valence-electron chi connectivity index (χ3n) is 5.67. The molecule has 0 aromatic heterocycles. The van der Waals surface area contributed by atoms with Crippen molar-refractivity contribution in [2.24, 2.45) is 17.8 Å². The summed E-state index contributed by atoms with van der Waals surface area (Å²) in [6.45, 7) is 1.27. The van der Waals surface area contributed by atoms with Crippen molar-refractivity contribution in [2.45, 2.75) is 63.3 Å². The van der Waals surface area contributed by atoms with Crippen LogP contribution >= 0.6 is 0 Å². The van der Waals surface area contributed by atoms with E-state index in [2.05, 4.69) is 5.32 Å². The molecule has 0 heterocycles. The van der Waals surface area contributed by atoms with Gasteiger partial charge in [-0.2, -0.15) is 0 Å². The van der Waals surface area contributed by atoms with Gasteiger partial charge in [0.05, 0.1) is 19.4 Å². The first kappa shape index (κ1) is 15.8. The van der Waals surface area contributed by atoms with Crippen LogP contribution in [-0.4, -0.2) is 35.7 Å². The Morgan fingerprint density at radius 1 is 1.05 bits per heavy atom. The number of carbonyl (C=O) groups is 2. The number of carbonyl (C=O) groups excluding carboxylic acids is 1. The third kappa shape index (κ3) is 3.80. The summed E-state index contributed by atoms with van der Waals surface area (Å²) in [6.07, 6.45) is 8.96. The molecule has 0 atom stereocenters. The zero-order valence-corrected chi connectivity index (χ0v) is 13.2. The molecule has 0 aromatic rings. The number of rotatable bonds is 8. The second-order valence-corrected chi connectivity index (χ2v) is 7.59. The van der Waals surface area contributed by atoms with Crippen molar-refractivity contribution < 1.29 is 19.4 Å². The first-order chi connectivity index (χ1) is 10.5. The van der Waals surface area contributed by atoms with E-state index in [9.17, 15) is 9.59 Å². The van der Waals surface area contributed by atoms with Crippen LogP contribution in [-0.2, 0) is 14.3 Å². The topological polar surface area (TPSA) is 75.6 Å². The molecule has 0 aromatic carbocycles. The predicted octanol–water partition coefficient (Wildman–Crippen LogP) is 2.34. The van der Waals surface area contributed by atoms with Gasteiger partial charge in [-0.25, -0.2) is 0 Å². The summed E-state index contributed by atoms with van der Waals surface area (Å²) in [5.74, 6) is 1.45. The van der Waals surface area contributed by atoms with Gasteiger partial charge in [0.2, 0.25) is 0 Å². The number of hydrogen-bond donors (Lipinski definition) is 2. The highest BCUT2D eigenvalue weighted by Gasteiger charge is 2.50. The maximum atomic E-state index is 11.3. The Labute approximate surface area is 131 Å². The first-order valence-electron chi connectivity index (χ1n) is 8.67. The second kappa shape index (κ2) is 6.57. The molecular formula is C17H27NO4. The molecule has 0 radical (unpaired) electrons. The van der Waals surface area contributed by atoms with Crippen molar-refractivity contribution in [1.29, 1.82) is 0 Å². The maximum absolute atomic E-state index is 11.3. The summed E-state index contributed by atoms with van der Waals surface area (Å²) in [7, 11) is 0. The van der Waals surface area contributed by atoms with Gasteiger partial charge in [0.15, 0.2) is 0 Å². The monoisotopic (exact) mass is 309 g/mol. The normalized spacial score (nSPS) is 35.5. The van der Waals surface area contributed by atoms with Crippen LogP contribution in [0.1, 0.15) is 57.8 Å². The highest BCUT2D eigenvalue weighted by atomic mass is 16.5. The van der Waals surface area contributed by atoms with Gasteiger partial charge in [0, 0.05) is 5.54 Å². The molecule has 4 aliphatic carbocycles. The average Bonchev–Trinajstić information content (AvgIpc) is 2.43. The zero-order valence-electron chi connectivity index (χ0n) is 13.2. The fourth-order valence-electron chi connectivity index (χ4n) is 5.22. The van der Waals surface area contributed by atoms with Crippen molar-refractivity contribution in [3.63, 3.8) is 0 Å². The van der Waals surface area contributed by atoms with Crippen molar-refractivity contribution >= 4 is 11.9 Å². The fourth-order valence-corrected chi connectivity index (χ4v) is 5.22. The van der Waals surface area contributed by atoms with Crippen LogP contribution < -0.4 is 5.32 Å². The number of aliphatic carboxylic acids is 1. The lowest BCUT2D eigenvalue weighted by molar-refractivity contribution is -0.147. The van der Waals surface area contributed by atoms with Crippen molar-refractivity contribution in [3.05, 3.63) is 0 Å². The van der Waals surface area contributed by atoms with Gasteiger partial charge < -0.3 is 15.2 Å². The van der Waals surface area contributed by atoms with E-state index in [1.54, 1.807) is 0 Å². The summed E-state index contributed by atoms with van der Waals surface area (Å²) in [5, 5.41) is 12.3. The molecule has 124 valence electrons. The van der Waals surface area contributed by atoms with Crippen molar-refractivity contribution in [1.82, 2.24) is 5.32 Å². The van der Waals surface area contributed by atoms with Crippen LogP contribution in [0.2, 0.25) is 0 Å². The Balaban J connectivity index is 1.32. The average molecular weight is 309 g/mol. The van der Waals surface area contributed by atoms with Crippen LogP contribution in [0.3, 0.4) is 0 Å². The van der Waals surface area contributed by atoms with E-state index in [1.807, 2.05) is 0 Å². The molecule has 0 unspecified atom stereocenters. The molecular weight excluding hydrogens is 282 g/mol. The number of hydrogen-bond acceptors (Lipinski definition) is 4. The Morgan fingerprint density at radius 2 is 1.64 bits per heavy atom. The quantitative estimate of drug-likeness (QED) is 0.532. The van der Waals surface area contributed by atoms with Gasteiger partial charge in [0.25, 0.3) is 0 Å². The standard InChI is InChI=1S/C17H27NO4/c19-15(20)2-3-16(21)22-5-1-4-18-17-9-12-6-13(10-17)8-14(7-12)11-17/h12-14,18H,1-11H2,(H,19,20). The zero-order chi connectivity index (χ0) is 15.6. The first-order valence-corrected chi connectivity index (χ1v) is 8.67. The highest BCUT2D eigenvalue weighted by molar-refractivity contribution is 5.76. The lowest BCUT2D eigenvalue weighted by Crippen LogP contribution is -2.58. The smallest absolute Gasteiger partial charge is 0.306 e. The van der Waals surface area contributed by atoms with E-state index >= 15 is 0 Å². The van der Waals surface area contributed by atoms with Gasteiger partial charge in [-0.1, -0.05) is 0 Å². The Morgan fingerprint density at radius 3 is 2.18 bits per heavy atom. The molecule has 4 fully saturated rings. The third-order valence-corrected chi connectivity index (χ3v) is 5.67. The summed E-state index contributed by atoms with van der Waals surface area (Å²) in [4.78, 5) is 21.7. The molecule has 4 aliphatic rings. The van der Waals surface area contributed by atoms with Crippen molar-refractivity contribution in [2.75, 3.05) is 13.2 Å². The second-order valence-electron chi connectivity index (χ2n) is 7.59. The van der Waals surface area contributed by atoms with E-state index in [1.165, 1.54) is 38.5 Å². The molecule has 5 heteroatoms. The summed E-state index contributed by atoms with van der Waals surface area (Å²) in [5.41, 5.74) is 0.363. The Hall–Kier alpha value is -1.10. The number of carboxylic acid groups (broad SMARTS) is 1. The largest absolute Gasteiger partial charge is 0.481 e. The molecule has 0 spiro atoms. The van der Waals surface area contributed by atoms with E-state index < -0.39 is 11.9 Å². The molecule has 4 rings (SSSR count). The molecule has 4 bridgehead atoms. The maximum Gasteiger partial charge on any atom is 0.306 e. The van der Waals surface area contributed by atoms with Gasteiger partial charge >= 0.3 is 11.9 Å².